The van der Waals surface area contributed by atoms with Crippen molar-refractivity contribution in [3.8, 4) is 11.5 Å². The van der Waals surface area contributed by atoms with Crippen LogP contribution in [-0.2, 0) is 11.4 Å². The first-order chi connectivity index (χ1) is 16.1. The number of benzene rings is 3. The lowest BCUT2D eigenvalue weighted by molar-refractivity contribution is -0.123. The molecular weight excluding hydrogens is 550 g/mol. The van der Waals surface area contributed by atoms with Gasteiger partial charge in [-0.05, 0) is 67.3 Å². The van der Waals surface area contributed by atoms with Gasteiger partial charge >= 0.3 is 0 Å². The highest BCUT2D eigenvalue weighted by Gasteiger charge is 2.10. The second kappa shape index (κ2) is 11.1. The Hall–Kier alpha value is -3.23. The number of ether oxygens (including phenoxy) is 2. The molecule has 1 aromatic heterocycles. The molecular formula is C25H19Br2N3O3. The summed E-state index contributed by atoms with van der Waals surface area (Å²) in [6.07, 6.45) is 3.24. The van der Waals surface area contributed by atoms with Gasteiger partial charge in [-0.25, -0.2) is 5.43 Å². The van der Waals surface area contributed by atoms with Crippen LogP contribution in [0.4, 0.5) is 0 Å². The first kappa shape index (κ1) is 22.9. The topological polar surface area (TPSA) is 72.8 Å². The Morgan fingerprint density at radius 2 is 1.73 bits per heavy atom. The third kappa shape index (κ3) is 6.18. The lowest BCUT2D eigenvalue weighted by atomic mass is 10.2. The van der Waals surface area contributed by atoms with Gasteiger partial charge in [0, 0.05) is 11.6 Å². The minimum absolute atomic E-state index is 0.174. The van der Waals surface area contributed by atoms with E-state index in [1.54, 1.807) is 18.5 Å². The second-order valence-corrected chi connectivity index (χ2v) is 8.71. The number of nitrogens with one attached hydrogen (secondary N) is 1. The Kier molecular flexibility index (Phi) is 7.70. The highest BCUT2D eigenvalue weighted by molar-refractivity contribution is 9.11. The van der Waals surface area contributed by atoms with E-state index in [0.717, 1.165) is 25.5 Å². The van der Waals surface area contributed by atoms with Crippen LogP contribution in [0.3, 0.4) is 0 Å². The molecule has 0 saturated heterocycles. The van der Waals surface area contributed by atoms with Gasteiger partial charge in [0.2, 0.25) is 0 Å². The Labute approximate surface area is 207 Å². The fraction of sp³-hybridized carbons (Fsp3) is 0.0800. The number of hydrazone groups is 1. The van der Waals surface area contributed by atoms with Crippen LogP contribution in [0.2, 0.25) is 0 Å². The van der Waals surface area contributed by atoms with Gasteiger partial charge in [0.25, 0.3) is 5.91 Å². The molecule has 0 spiro atoms. The normalized spacial score (nSPS) is 11.0. The number of halogens is 2. The number of amides is 1. The molecule has 1 N–H and O–H groups in total. The van der Waals surface area contributed by atoms with Crippen LogP contribution in [0.25, 0.3) is 10.9 Å². The maximum Gasteiger partial charge on any atom is 0.277 e. The van der Waals surface area contributed by atoms with E-state index in [4.69, 9.17) is 9.47 Å². The minimum atomic E-state index is -0.375. The van der Waals surface area contributed by atoms with Crippen molar-refractivity contribution < 1.29 is 14.3 Å². The predicted molar refractivity (Wildman–Crippen MR) is 136 cm³/mol. The molecule has 1 amide bonds. The van der Waals surface area contributed by atoms with Crippen LogP contribution in [0.1, 0.15) is 11.1 Å². The van der Waals surface area contributed by atoms with Crippen LogP contribution < -0.4 is 14.9 Å². The van der Waals surface area contributed by atoms with Crippen LogP contribution in [0.5, 0.6) is 11.5 Å². The molecule has 0 aliphatic heterocycles. The Balaban J connectivity index is 1.32. The first-order valence-corrected chi connectivity index (χ1v) is 11.6. The molecule has 0 fully saturated rings. The summed E-state index contributed by atoms with van der Waals surface area (Å²) in [4.78, 5) is 16.5. The molecule has 0 radical (unpaired) electrons. The van der Waals surface area contributed by atoms with Gasteiger partial charge in [-0.3, -0.25) is 9.78 Å². The van der Waals surface area contributed by atoms with E-state index in [0.29, 0.717) is 23.6 Å². The molecule has 6 nitrogen and oxygen atoms in total. The van der Waals surface area contributed by atoms with Crippen molar-refractivity contribution in [2.75, 3.05) is 6.61 Å². The van der Waals surface area contributed by atoms with Crippen molar-refractivity contribution in [2.45, 2.75) is 6.61 Å². The van der Waals surface area contributed by atoms with Gasteiger partial charge in [-0.15, -0.1) is 0 Å². The van der Waals surface area contributed by atoms with Crippen LogP contribution in [-0.4, -0.2) is 23.7 Å². The van der Waals surface area contributed by atoms with Crippen molar-refractivity contribution in [2.24, 2.45) is 5.10 Å². The number of rotatable bonds is 8. The van der Waals surface area contributed by atoms with Crippen molar-refractivity contribution in [1.29, 1.82) is 0 Å². The molecule has 0 bridgehead atoms. The summed E-state index contributed by atoms with van der Waals surface area (Å²) in [6.45, 7) is 0.278. The Morgan fingerprint density at radius 3 is 2.52 bits per heavy atom. The van der Waals surface area contributed by atoms with Gasteiger partial charge in [0.15, 0.2) is 6.61 Å². The first-order valence-electron chi connectivity index (χ1n) is 10.0. The van der Waals surface area contributed by atoms with E-state index in [1.807, 2.05) is 66.7 Å². The average molecular weight is 569 g/mol. The molecule has 0 aliphatic carbocycles. The van der Waals surface area contributed by atoms with Crippen molar-refractivity contribution >= 4 is 54.9 Å². The van der Waals surface area contributed by atoms with Gasteiger partial charge in [0.1, 0.15) is 23.6 Å². The van der Waals surface area contributed by atoms with E-state index >= 15 is 0 Å². The molecule has 166 valence electrons. The zero-order valence-corrected chi connectivity index (χ0v) is 20.5. The fourth-order valence-corrected chi connectivity index (χ4v) is 4.52. The summed E-state index contributed by atoms with van der Waals surface area (Å²) in [6, 6.07) is 23.0. The van der Waals surface area contributed by atoms with Crippen molar-refractivity contribution in [1.82, 2.24) is 10.4 Å². The lowest BCUT2D eigenvalue weighted by Crippen LogP contribution is -2.24. The number of carbonyl (C=O) groups excluding carboxylic acids is 1. The smallest absolute Gasteiger partial charge is 0.277 e. The van der Waals surface area contributed by atoms with E-state index in [1.165, 1.54) is 0 Å². The Bertz CT molecular complexity index is 1270. The molecule has 0 aliphatic rings. The monoisotopic (exact) mass is 567 g/mol. The quantitative estimate of drug-likeness (QED) is 0.213. The highest BCUT2D eigenvalue weighted by atomic mass is 79.9. The summed E-state index contributed by atoms with van der Waals surface area (Å²) in [5.41, 5.74) is 5.03. The number of nitrogens with zero attached hydrogens (tertiary/aromatic N) is 2. The summed E-state index contributed by atoms with van der Waals surface area (Å²) < 4.78 is 13.1. The summed E-state index contributed by atoms with van der Waals surface area (Å²) >= 11 is 7.07. The summed E-state index contributed by atoms with van der Waals surface area (Å²) in [7, 11) is 0. The average Bonchev–Trinajstić information content (AvgIpc) is 2.83. The van der Waals surface area contributed by atoms with Crippen LogP contribution in [0.15, 0.2) is 93.0 Å². The number of carbonyl (C=O) groups is 1. The molecule has 4 aromatic rings. The molecule has 33 heavy (non-hydrogen) atoms. The SMILES string of the molecule is O=C(COc1cccc2cccnc12)N/N=C\c1cc(Br)c(OCc2ccccc2)c(Br)c1. The second-order valence-electron chi connectivity index (χ2n) is 7.00. The van der Waals surface area contributed by atoms with Crippen LogP contribution >= 0.6 is 31.9 Å². The summed E-state index contributed by atoms with van der Waals surface area (Å²) in [5.74, 6) is 0.864. The van der Waals surface area contributed by atoms with Gasteiger partial charge in [-0.1, -0.05) is 48.5 Å². The van der Waals surface area contributed by atoms with E-state index in [2.05, 4.69) is 47.4 Å². The summed E-state index contributed by atoms with van der Waals surface area (Å²) in [5, 5.41) is 4.96. The number of hydrogen-bond donors (Lipinski definition) is 1. The molecule has 0 unspecified atom stereocenters. The van der Waals surface area contributed by atoms with Gasteiger partial charge in [0.05, 0.1) is 15.2 Å². The third-order valence-corrected chi connectivity index (χ3v) is 5.78. The lowest BCUT2D eigenvalue weighted by Gasteiger charge is -2.11. The van der Waals surface area contributed by atoms with Gasteiger partial charge < -0.3 is 9.47 Å². The molecule has 8 heteroatoms. The Morgan fingerprint density at radius 1 is 0.970 bits per heavy atom. The molecule has 3 aromatic carbocycles. The third-order valence-electron chi connectivity index (χ3n) is 4.60. The van der Waals surface area contributed by atoms with E-state index in [9.17, 15) is 4.79 Å². The predicted octanol–water partition coefficient (Wildman–Crippen LogP) is 5.87. The largest absolute Gasteiger partial charge is 0.487 e. The maximum absolute atomic E-state index is 12.1. The number of aromatic nitrogens is 1. The zero-order valence-electron chi connectivity index (χ0n) is 17.4. The molecule has 4 rings (SSSR count). The van der Waals surface area contributed by atoms with E-state index < -0.39 is 0 Å². The number of para-hydroxylation sites is 1. The maximum atomic E-state index is 12.1. The zero-order chi connectivity index (χ0) is 23.0. The van der Waals surface area contributed by atoms with Crippen LogP contribution in [0, 0.1) is 0 Å². The highest BCUT2D eigenvalue weighted by Crippen LogP contribution is 2.35. The number of pyridine rings is 1. The standard InChI is InChI=1S/C25H19Br2N3O3/c26-20-12-18(13-21(27)25(20)33-15-17-6-2-1-3-7-17)14-29-30-23(31)16-32-22-10-4-8-19-9-5-11-28-24(19)22/h1-14H,15-16H2,(H,30,31)/b29-14-. The minimum Gasteiger partial charge on any atom is -0.487 e. The fourth-order valence-electron chi connectivity index (χ4n) is 3.07. The van der Waals surface area contributed by atoms with Crippen molar-refractivity contribution in [3.05, 3.63) is 99.1 Å². The van der Waals surface area contributed by atoms with Gasteiger partial charge in [-0.2, -0.15) is 5.10 Å². The van der Waals surface area contributed by atoms with Crippen molar-refractivity contribution in [3.63, 3.8) is 0 Å². The molecule has 0 saturated carbocycles. The number of hydrogen-bond acceptors (Lipinski definition) is 5. The molecule has 0 atom stereocenters. The van der Waals surface area contributed by atoms with E-state index in [-0.39, 0.29) is 12.5 Å². The number of fused-ring (bicyclic) bond motifs is 1. The molecule has 1 heterocycles.